The van der Waals surface area contributed by atoms with E-state index in [0.717, 1.165) is 12.1 Å². The number of carbonyl (C=O) groups is 1. The number of carboxylic acids is 1. The van der Waals surface area contributed by atoms with Crippen molar-refractivity contribution in [1.29, 1.82) is 0 Å². The lowest BCUT2D eigenvalue weighted by Crippen LogP contribution is -2.27. The first-order chi connectivity index (χ1) is 10.0. The highest BCUT2D eigenvalue weighted by Crippen LogP contribution is 2.38. The van der Waals surface area contributed by atoms with E-state index < -0.39 is 33.7 Å². The van der Waals surface area contributed by atoms with Crippen LogP contribution in [-0.2, 0) is 21.0 Å². The van der Waals surface area contributed by atoms with Crippen LogP contribution in [0.25, 0.3) is 0 Å². The maximum absolute atomic E-state index is 12.6. The van der Waals surface area contributed by atoms with E-state index in [4.69, 9.17) is 5.11 Å². The van der Waals surface area contributed by atoms with Gasteiger partial charge in [-0.3, -0.25) is 4.79 Å². The van der Waals surface area contributed by atoms with Crippen molar-refractivity contribution in [1.82, 2.24) is 4.72 Å². The Hall–Kier alpha value is -1.61. The van der Waals surface area contributed by atoms with Crippen LogP contribution >= 0.6 is 0 Å². The number of nitrogens with one attached hydrogen (secondary N) is 1. The quantitative estimate of drug-likeness (QED) is 0.861. The van der Waals surface area contributed by atoms with Crippen LogP contribution < -0.4 is 4.72 Å². The molecule has 1 aliphatic rings. The zero-order valence-corrected chi connectivity index (χ0v) is 12.3. The summed E-state index contributed by atoms with van der Waals surface area (Å²) in [4.78, 5) is 10.4. The highest BCUT2D eigenvalue weighted by Gasteiger charge is 2.43. The van der Waals surface area contributed by atoms with Gasteiger partial charge in [-0.1, -0.05) is 0 Å². The maximum Gasteiger partial charge on any atom is 0.416 e. The van der Waals surface area contributed by atoms with Crippen LogP contribution in [0, 0.1) is 18.8 Å². The van der Waals surface area contributed by atoms with Gasteiger partial charge in [-0.05, 0) is 43.0 Å². The number of hydrogen-bond acceptors (Lipinski definition) is 3. The third kappa shape index (κ3) is 3.58. The lowest BCUT2D eigenvalue weighted by Gasteiger charge is -2.12. The van der Waals surface area contributed by atoms with Crippen molar-refractivity contribution in [3.63, 3.8) is 0 Å². The summed E-state index contributed by atoms with van der Waals surface area (Å²) in [7, 11) is -3.97. The molecule has 1 saturated carbocycles. The Bertz CT molecular complexity index is 700. The van der Waals surface area contributed by atoms with E-state index in [1.807, 2.05) is 0 Å². The van der Waals surface area contributed by atoms with Crippen LogP contribution in [0.4, 0.5) is 13.2 Å². The smallest absolute Gasteiger partial charge is 0.416 e. The van der Waals surface area contributed by atoms with E-state index in [1.165, 1.54) is 6.92 Å². The molecule has 0 spiro atoms. The van der Waals surface area contributed by atoms with E-state index in [2.05, 4.69) is 4.72 Å². The molecule has 0 amide bonds. The SMILES string of the molecule is Cc1cc(C(F)(F)F)ccc1S(=O)(=O)NC[C@@H]1C[C@@H]1C(=O)O. The third-order valence-corrected chi connectivity index (χ3v) is 5.15. The summed E-state index contributed by atoms with van der Waals surface area (Å²) < 4.78 is 64.1. The fourth-order valence-electron chi connectivity index (χ4n) is 2.20. The van der Waals surface area contributed by atoms with Crippen LogP contribution in [-0.4, -0.2) is 26.0 Å². The maximum atomic E-state index is 12.6. The van der Waals surface area contributed by atoms with Crippen molar-refractivity contribution < 1.29 is 31.5 Å². The van der Waals surface area contributed by atoms with Crippen molar-refractivity contribution in [2.75, 3.05) is 6.54 Å². The molecule has 0 aromatic heterocycles. The summed E-state index contributed by atoms with van der Waals surface area (Å²) in [5, 5.41) is 8.74. The van der Waals surface area contributed by atoms with Crippen LogP contribution in [0.2, 0.25) is 0 Å². The molecule has 0 saturated heterocycles. The predicted molar refractivity (Wildman–Crippen MR) is 70.6 cm³/mol. The van der Waals surface area contributed by atoms with Gasteiger partial charge in [-0.15, -0.1) is 0 Å². The standard InChI is InChI=1S/C13H14F3NO4S/c1-7-4-9(13(14,15)16)2-3-11(7)22(20,21)17-6-8-5-10(8)12(18)19/h2-4,8,10,17H,5-6H2,1H3,(H,18,19)/t8-,10-/m0/s1. The largest absolute Gasteiger partial charge is 0.481 e. The molecule has 1 aliphatic carbocycles. The molecule has 2 N–H and O–H groups in total. The molecular formula is C13H14F3NO4S. The molecule has 1 fully saturated rings. The van der Waals surface area contributed by atoms with Gasteiger partial charge in [0, 0.05) is 6.54 Å². The molecule has 1 aromatic rings. The Labute approximate surface area is 125 Å². The Morgan fingerprint density at radius 2 is 2.05 bits per heavy atom. The van der Waals surface area contributed by atoms with Gasteiger partial charge in [0.25, 0.3) is 0 Å². The average molecular weight is 337 g/mol. The highest BCUT2D eigenvalue weighted by molar-refractivity contribution is 7.89. The molecule has 0 radical (unpaired) electrons. The second kappa shape index (κ2) is 5.54. The minimum Gasteiger partial charge on any atom is -0.481 e. The van der Waals surface area contributed by atoms with E-state index in [9.17, 15) is 26.4 Å². The second-order valence-electron chi connectivity index (χ2n) is 5.27. The first-order valence-corrected chi connectivity index (χ1v) is 7.91. The van der Waals surface area contributed by atoms with Crippen LogP contribution in [0.15, 0.2) is 23.1 Å². The number of carboxylic acid groups (broad SMARTS) is 1. The number of rotatable bonds is 5. The summed E-state index contributed by atoms with van der Waals surface area (Å²) >= 11 is 0. The molecule has 122 valence electrons. The molecule has 2 rings (SSSR count). The minimum absolute atomic E-state index is 0.0205. The lowest BCUT2D eigenvalue weighted by molar-refractivity contribution is -0.139. The Morgan fingerprint density at radius 3 is 2.50 bits per heavy atom. The number of alkyl halides is 3. The summed E-state index contributed by atoms with van der Waals surface area (Å²) in [5.41, 5.74) is -0.940. The van der Waals surface area contributed by atoms with Crippen molar-refractivity contribution in [3.8, 4) is 0 Å². The molecule has 5 nitrogen and oxygen atoms in total. The number of aliphatic carboxylic acids is 1. The average Bonchev–Trinajstić information content (AvgIpc) is 3.14. The normalized spacial score (nSPS) is 21.6. The highest BCUT2D eigenvalue weighted by atomic mass is 32.2. The van der Waals surface area contributed by atoms with Gasteiger partial charge in [0.2, 0.25) is 10.0 Å². The first kappa shape index (κ1) is 16.8. The Kier molecular flexibility index (Phi) is 4.22. The number of aryl methyl sites for hydroxylation is 1. The molecule has 0 bridgehead atoms. The predicted octanol–water partition coefficient (Wildman–Crippen LogP) is 2.01. The van der Waals surface area contributed by atoms with Gasteiger partial charge in [0.15, 0.2) is 0 Å². The Morgan fingerprint density at radius 1 is 1.41 bits per heavy atom. The fourth-order valence-corrected chi connectivity index (χ4v) is 3.52. The zero-order chi connectivity index (χ0) is 16.7. The van der Waals surface area contributed by atoms with Crippen molar-refractivity contribution in [3.05, 3.63) is 29.3 Å². The van der Waals surface area contributed by atoms with Gasteiger partial charge < -0.3 is 5.11 Å². The van der Waals surface area contributed by atoms with Gasteiger partial charge in [-0.2, -0.15) is 13.2 Å². The van der Waals surface area contributed by atoms with Crippen LogP contribution in [0.1, 0.15) is 17.5 Å². The third-order valence-electron chi connectivity index (χ3n) is 3.57. The number of hydrogen-bond donors (Lipinski definition) is 2. The van der Waals surface area contributed by atoms with E-state index in [1.54, 1.807) is 0 Å². The minimum atomic E-state index is -4.54. The van der Waals surface area contributed by atoms with E-state index in [-0.39, 0.29) is 22.9 Å². The molecule has 22 heavy (non-hydrogen) atoms. The molecular weight excluding hydrogens is 323 g/mol. The van der Waals surface area contributed by atoms with Crippen molar-refractivity contribution in [2.45, 2.75) is 24.4 Å². The molecule has 9 heteroatoms. The van der Waals surface area contributed by atoms with Gasteiger partial charge in [-0.25, -0.2) is 13.1 Å². The lowest BCUT2D eigenvalue weighted by atomic mass is 10.1. The van der Waals surface area contributed by atoms with Gasteiger partial charge >= 0.3 is 12.1 Å². The van der Waals surface area contributed by atoms with E-state index >= 15 is 0 Å². The summed E-state index contributed by atoms with van der Waals surface area (Å²) in [6, 6.07) is 2.38. The zero-order valence-electron chi connectivity index (χ0n) is 11.5. The van der Waals surface area contributed by atoms with E-state index in [0.29, 0.717) is 12.5 Å². The molecule has 0 heterocycles. The van der Waals surface area contributed by atoms with Crippen LogP contribution in [0.5, 0.6) is 0 Å². The van der Waals surface area contributed by atoms with Crippen LogP contribution in [0.3, 0.4) is 0 Å². The Balaban J connectivity index is 2.11. The first-order valence-electron chi connectivity index (χ1n) is 6.42. The second-order valence-corrected chi connectivity index (χ2v) is 7.01. The monoisotopic (exact) mass is 337 g/mol. The number of halogens is 3. The molecule has 0 aliphatic heterocycles. The topological polar surface area (TPSA) is 83.5 Å². The number of sulfonamides is 1. The van der Waals surface area contributed by atoms with Crippen molar-refractivity contribution in [2.24, 2.45) is 11.8 Å². The number of benzene rings is 1. The van der Waals surface area contributed by atoms with Gasteiger partial charge in [0.05, 0.1) is 16.4 Å². The molecule has 0 unspecified atom stereocenters. The van der Waals surface area contributed by atoms with Gasteiger partial charge in [0.1, 0.15) is 0 Å². The summed E-state index contributed by atoms with van der Waals surface area (Å²) in [6.45, 7) is 1.24. The summed E-state index contributed by atoms with van der Waals surface area (Å²) in [5.74, 6) is -1.81. The molecule has 1 aromatic carbocycles. The molecule has 2 atom stereocenters. The summed E-state index contributed by atoms with van der Waals surface area (Å²) in [6.07, 6.45) is -4.15. The van der Waals surface area contributed by atoms with Crippen molar-refractivity contribution >= 4 is 16.0 Å². The fraction of sp³-hybridized carbons (Fsp3) is 0.462.